The standard InChI is InChI=1S/C11H12BrN5O3S/c1-17-10(4-5-14-17)21(19,20)16-9-3-2-7(6-8(9)12)11(13)15-18/h2-6,16,18H,1H3,(H2,13,15). The summed E-state index contributed by atoms with van der Waals surface area (Å²) >= 11 is 3.24. The van der Waals surface area contributed by atoms with Gasteiger partial charge in [0.15, 0.2) is 10.9 Å². The number of nitrogens with zero attached hydrogens (tertiary/aromatic N) is 3. The van der Waals surface area contributed by atoms with Gasteiger partial charge in [-0.1, -0.05) is 5.16 Å². The van der Waals surface area contributed by atoms with Gasteiger partial charge in [-0.05, 0) is 40.2 Å². The average Bonchev–Trinajstić information content (AvgIpc) is 2.87. The third-order valence-corrected chi connectivity index (χ3v) is 4.76. The number of aryl methyl sites for hydroxylation is 1. The van der Waals surface area contributed by atoms with Gasteiger partial charge in [0.1, 0.15) is 0 Å². The molecule has 0 radical (unpaired) electrons. The fraction of sp³-hybridized carbons (Fsp3) is 0.0909. The van der Waals surface area contributed by atoms with Crippen LogP contribution in [0.2, 0.25) is 0 Å². The first-order valence-electron chi connectivity index (χ1n) is 5.63. The van der Waals surface area contributed by atoms with Crippen molar-refractivity contribution >= 4 is 37.5 Å². The number of hydrogen-bond donors (Lipinski definition) is 3. The van der Waals surface area contributed by atoms with E-state index in [2.05, 4.69) is 30.9 Å². The highest BCUT2D eigenvalue weighted by atomic mass is 79.9. The highest BCUT2D eigenvalue weighted by molar-refractivity contribution is 9.10. The number of anilines is 1. The number of nitrogens with one attached hydrogen (secondary N) is 1. The molecule has 2 rings (SSSR count). The molecular formula is C11H12BrN5O3S. The summed E-state index contributed by atoms with van der Waals surface area (Å²) < 4.78 is 28.6. The van der Waals surface area contributed by atoms with Crippen molar-refractivity contribution in [2.45, 2.75) is 5.03 Å². The zero-order valence-electron chi connectivity index (χ0n) is 10.9. The highest BCUT2D eigenvalue weighted by Crippen LogP contribution is 2.26. The van der Waals surface area contributed by atoms with E-state index < -0.39 is 10.0 Å². The summed E-state index contributed by atoms with van der Waals surface area (Å²) in [6.07, 6.45) is 1.39. The number of benzene rings is 1. The van der Waals surface area contributed by atoms with Crippen LogP contribution in [0.25, 0.3) is 0 Å². The number of aromatic nitrogens is 2. The van der Waals surface area contributed by atoms with Gasteiger partial charge < -0.3 is 10.9 Å². The normalized spacial score (nSPS) is 12.4. The quantitative estimate of drug-likeness (QED) is 0.320. The lowest BCUT2D eigenvalue weighted by atomic mass is 10.2. The lowest BCUT2D eigenvalue weighted by molar-refractivity contribution is 0.318. The lowest BCUT2D eigenvalue weighted by Crippen LogP contribution is -2.17. The third kappa shape index (κ3) is 3.16. The Balaban J connectivity index is 2.35. The minimum absolute atomic E-state index is 0.0370. The van der Waals surface area contributed by atoms with Crippen molar-refractivity contribution in [1.29, 1.82) is 0 Å². The molecule has 1 aromatic carbocycles. The predicted octanol–water partition coefficient (Wildman–Crippen LogP) is 1.08. The molecule has 21 heavy (non-hydrogen) atoms. The summed E-state index contributed by atoms with van der Waals surface area (Å²) in [4.78, 5) is 0. The van der Waals surface area contributed by atoms with Gasteiger partial charge in [0.05, 0.1) is 11.9 Å². The molecule has 0 aliphatic heterocycles. The van der Waals surface area contributed by atoms with Gasteiger partial charge in [-0.3, -0.25) is 9.40 Å². The van der Waals surface area contributed by atoms with Gasteiger partial charge in [-0.2, -0.15) is 13.5 Å². The zero-order valence-corrected chi connectivity index (χ0v) is 13.3. The molecule has 0 saturated heterocycles. The number of amidine groups is 1. The van der Waals surface area contributed by atoms with Gasteiger partial charge in [0, 0.05) is 17.1 Å². The number of halogens is 1. The molecule has 0 unspecified atom stereocenters. The van der Waals surface area contributed by atoms with Crippen molar-refractivity contribution in [2.75, 3.05) is 4.72 Å². The second-order valence-corrected chi connectivity index (χ2v) is 6.56. The van der Waals surface area contributed by atoms with Crippen molar-refractivity contribution in [2.24, 2.45) is 17.9 Å². The largest absolute Gasteiger partial charge is 0.409 e. The maximum atomic E-state index is 12.2. The molecular weight excluding hydrogens is 362 g/mol. The fourth-order valence-corrected chi connectivity index (χ4v) is 3.45. The second-order valence-electron chi connectivity index (χ2n) is 4.08. The van der Waals surface area contributed by atoms with Gasteiger partial charge in [-0.15, -0.1) is 0 Å². The van der Waals surface area contributed by atoms with Gasteiger partial charge in [0.2, 0.25) is 0 Å². The van der Waals surface area contributed by atoms with Crippen molar-refractivity contribution < 1.29 is 13.6 Å². The summed E-state index contributed by atoms with van der Waals surface area (Å²) in [6.45, 7) is 0. The van der Waals surface area contributed by atoms with E-state index in [0.29, 0.717) is 15.7 Å². The Hall–Kier alpha value is -2.07. The van der Waals surface area contributed by atoms with E-state index >= 15 is 0 Å². The van der Waals surface area contributed by atoms with Crippen LogP contribution in [0.4, 0.5) is 5.69 Å². The van der Waals surface area contributed by atoms with Crippen LogP contribution in [0.5, 0.6) is 0 Å². The maximum Gasteiger partial charge on any atom is 0.279 e. The third-order valence-electron chi connectivity index (χ3n) is 2.67. The van der Waals surface area contributed by atoms with Crippen LogP contribution in [0, 0.1) is 0 Å². The number of sulfonamides is 1. The Morgan fingerprint density at radius 1 is 1.48 bits per heavy atom. The number of oxime groups is 1. The zero-order chi connectivity index (χ0) is 15.6. The van der Waals surface area contributed by atoms with Crippen molar-refractivity contribution in [3.63, 3.8) is 0 Å². The van der Waals surface area contributed by atoms with Crippen LogP contribution in [0.3, 0.4) is 0 Å². The van der Waals surface area contributed by atoms with E-state index in [-0.39, 0.29) is 10.9 Å². The monoisotopic (exact) mass is 373 g/mol. The topological polar surface area (TPSA) is 123 Å². The molecule has 0 saturated carbocycles. The van der Waals surface area contributed by atoms with Crippen molar-refractivity contribution in [3.8, 4) is 0 Å². The fourth-order valence-electron chi connectivity index (χ4n) is 1.64. The number of hydrogen-bond acceptors (Lipinski definition) is 5. The molecule has 112 valence electrons. The predicted molar refractivity (Wildman–Crippen MR) is 80.7 cm³/mol. The summed E-state index contributed by atoms with van der Waals surface area (Å²) in [5.41, 5.74) is 6.24. The van der Waals surface area contributed by atoms with Crippen LogP contribution in [-0.2, 0) is 17.1 Å². The average molecular weight is 374 g/mol. The van der Waals surface area contributed by atoms with Gasteiger partial charge in [-0.25, -0.2) is 0 Å². The lowest BCUT2D eigenvalue weighted by Gasteiger charge is -2.10. The van der Waals surface area contributed by atoms with Gasteiger partial charge >= 0.3 is 0 Å². The van der Waals surface area contributed by atoms with E-state index in [1.54, 1.807) is 0 Å². The van der Waals surface area contributed by atoms with E-state index in [0.717, 1.165) is 0 Å². The summed E-state index contributed by atoms with van der Waals surface area (Å²) in [5.74, 6) is -0.0725. The summed E-state index contributed by atoms with van der Waals surface area (Å²) in [5, 5.41) is 15.4. The maximum absolute atomic E-state index is 12.2. The Bertz CT molecular complexity index is 800. The summed E-state index contributed by atoms with van der Waals surface area (Å²) in [6, 6.07) is 5.96. The molecule has 0 aliphatic carbocycles. The molecule has 1 heterocycles. The number of nitrogens with two attached hydrogens (primary N) is 1. The molecule has 0 aliphatic rings. The molecule has 1 aromatic heterocycles. The Morgan fingerprint density at radius 3 is 2.71 bits per heavy atom. The molecule has 2 aromatic rings. The molecule has 0 fully saturated rings. The molecule has 10 heteroatoms. The molecule has 4 N–H and O–H groups in total. The van der Waals surface area contributed by atoms with E-state index in [1.165, 1.54) is 42.2 Å². The van der Waals surface area contributed by atoms with Crippen LogP contribution in [0.15, 0.2) is 45.1 Å². The van der Waals surface area contributed by atoms with Crippen molar-refractivity contribution in [3.05, 3.63) is 40.5 Å². The Morgan fingerprint density at radius 2 is 2.19 bits per heavy atom. The molecule has 0 amide bonds. The minimum Gasteiger partial charge on any atom is -0.409 e. The van der Waals surface area contributed by atoms with Crippen LogP contribution in [0.1, 0.15) is 5.56 Å². The van der Waals surface area contributed by atoms with Crippen LogP contribution < -0.4 is 10.5 Å². The SMILES string of the molecule is Cn1nccc1S(=O)(=O)Nc1ccc(/C(N)=N/O)cc1Br. The first-order valence-corrected chi connectivity index (χ1v) is 7.91. The molecule has 0 bridgehead atoms. The molecule has 0 atom stereocenters. The molecule has 8 nitrogen and oxygen atoms in total. The summed E-state index contributed by atoms with van der Waals surface area (Å²) in [7, 11) is -2.22. The Kier molecular flexibility index (Phi) is 4.19. The van der Waals surface area contributed by atoms with E-state index in [1.807, 2.05) is 0 Å². The minimum atomic E-state index is -3.75. The first-order chi connectivity index (χ1) is 9.85. The van der Waals surface area contributed by atoms with Crippen molar-refractivity contribution in [1.82, 2.24) is 9.78 Å². The van der Waals surface area contributed by atoms with Crippen LogP contribution in [-0.4, -0.2) is 29.2 Å². The first kappa shape index (κ1) is 15.3. The smallest absolute Gasteiger partial charge is 0.279 e. The van der Waals surface area contributed by atoms with Crippen LogP contribution >= 0.6 is 15.9 Å². The van der Waals surface area contributed by atoms with E-state index in [9.17, 15) is 8.42 Å². The molecule has 0 spiro atoms. The second kappa shape index (κ2) is 5.74. The van der Waals surface area contributed by atoms with Gasteiger partial charge in [0.25, 0.3) is 10.0 Å². The number of rotatable bonds is 4. The Labute approximate surface area is 129 Å². The van der Waals surface area contributed by atoms with E-state index in [4.69, 9.17) is 10.9 Å². The highest BCUT2D eigenvalue weighted by Gasteiger charge is 2.19.